The lowest BCUT2D eigenvalue weighted by atomic mass is 10.0. The van der Waals surface area contributed by atoms with E-state index < -0.39 is 0 Å². The van der Waals surface area contributed by atoms with Crippen LogP contribution in [0.2, 0.25) is 0 Å². The highest BCUT2D eigenvalue weighted by Gasteiger charge is 2.08. The normalized spacial score (nSPS) is 11.2. The molecule has 0 spiro atoms. The number of nitrogens with one attached hydrogen (secondary N) is 1. The van der Waals surface area contributed by atoms with Gasteiger partial charge in [0.25, 0.3) is 0 Å². The second kappa shape index (κ2) is 8.20. The van der Waals surface area contributed by atoms with Crippen LogP contribution < -0.4 is 5.32 Å². The number of hydrogen-bond donors (Lipinski definition) is 1. The molecule has 2 rings (SSSR count). The topological polar surface area (TPSA) is 15.3 Å². The molecule has 0 amide bonds. The van der Waals surface area contributed by atoms with Crippen molar-refractivity contribution in [1.82, 2.24) is 10.2 Å². The fraction of sp³-hybridized carbons (Fsp3) is 0.412. The van der Waals surface area contributed by atoms with Gasteiger partial charge in [-0.05, 0) is 49.1 Å². The number of benzene rings is 1. The molecule has 0 aliphatic carbocycles. The van der Waals surface area contributed by atoms with E-state index in [4.69, 9.17) is 0 Å². The van der Waals surface area contributed by atoms with Gasteiger partial charge < -0.3 is 5.32 Å². The van der Waals surface area contributed by atoms with Crippen LogP contribution >= 0.6 is 11.3 Å². The third kappa shape index (κ3) is 4.44. The Kier molecular flexibility index (Phi) is 6.25. The maximum atomic E-state index is 3.24. The molecule has 1 aromatic carbocycles. The molecule has 0 saturated carbocycles. The third-order valence-electron chi connectivity index (χ3n) is 3.56. The number of thiophene rings is 1. The van der Waals surface area contributed by atoms with Gasteiger partial charge >= 0.3 is 0 Å². The van der Waals surface area contributed by atoms with Crippen molar-refractivity contribution >= 4 is 11.3 Å². The van der Waals surface area contributed by atoms with Crippen LogP contribution in [-0.4, -0.2) is 25.0 Å². The molecule has 1 aromatic heterocycles. The first-order chi connectivity index (χ1) is 9.83. The van der Waals surface area contributed by atoms with Crippen molar-refractivity contribution in [2.75, 3.05) is 20.1 Å². The summed E-state index contributed by atoms with van der Waals surface area (Å²) in [6, 6.07) is 13.2. The quantitative estimate of drug-likeness (QED) is 0.799. The van der Waals surface area contributed by atoms with E-state index in [9.17, 15) is 0 Å². The van der Waals surface area contributed by atoms with Crippen LogP contribution in [0.1, 0.15) is 22.9 Å². The van der Waals surface area contributed by atoms with Gasteiger partial charge in [0.2, 0.25) is 0 Å². The van der Waals surface area contributed by atoms with Crippen LogP contribution in [0.5, 0.6) is 0 Å². The van der Waals surface area contributed by atoms with E-state index in [1.54, 1.807) is 0 Å². The van der Waals surface area contributed by atoms with Crippen LogP contribution in [-0.2, 0) is 19.5 Å². The Morgan fingerprint density at radius 3 is 2.50 bits per heavy atom. The molecule has 1 N–H and O–H groups in total. The molecule has 0 aliphatic rings. The first kappa shape index (κ1) is 15.2. The van der Waals surface area contributed by atoms with Gasteiger partial charge in [0.15, 0.2) is 0 Å². The average molecular weight is 288 g/mol. The molecule has 108 valence electrons. The molecule has 20 heavy (non-hydrogen) atoms. The molecule has 2 aromatic rings. The van der Waals surface area contributed by atoms with Gasteiger partial charge in [-0.3, -0.25) is 4.90 Å². The van der Waals surface area contributed by atoms with Crippen molar-refractivity contribution in [3.8, 4) is 0 Å². The van der Waals surface area contributed by atoms with E-state index in [0.29, 0.717) is 0 Å². The largest absolute Gasteiger partial charge is 0.319 e. The van der Waals surface area contributed by atoms with Gasteiger partial charge in [-0.15, -0.1) is 11.3 Å². The number of likely N-dealkylation sites (N-methyl/N-ethyl adjacent to an activating group) is 1. The summed E-state index contributed by atoms with van der Waals surface area (Å²) in [7, 11) is 2.01. The van der Waals surface area contributed by atoms with Crippen molar-refractivity contribution < 1.29 is 0 Å². The minimum Gasteiger partial charge on any atom is -0.319 e. The number of rotatable bonds is 8. The number of nitrogens with zero attached hydrogens (tertiary/aromatic N) is 1. The summed E-state index contributed by atoms with van der Waals surface area (Å²) < 4.78 is 0. The summed E-state index contributed by atoms with van der Waals surface area (Å²) in [6.07, 6.45) is 1.10. The second-order valence-electron chi connectivity index (χ2n) is 5.00. The Hall–Kier alpha value is -1.16. The van der Waals surface area contributed by atoms with Crippen molar-refractivity contribution in [3.63, 3.8) is 0 Å². The second-order valence-corrected chi connectivity index (χ2v) is 6.04. The Morgan fingerprint density at radius 1 is 1.05 bits per heavy atom. The van der Waals surface area contributed by atoms with Crippen LogP contribution in [0.15, 0.2) is 41.8 Å². The summed E-state index contributed by atoms with van der Waals surface area (Å²) in [5.41, 5.74) is 2.92. The minimum absolute atomic E-state index is 1.04. The molecule has 0 saturated heterocycles. The molecule has 0 bridgehead atoms. The molecule has 1 heterocycles. The molecule has 0 aliphatic heterocycles. The molecule has 2 nitrogen and oxygen atoms in total. The summed E-state index contributed by atoms with van der Waals surface area (Å²) in [6.45, 7) is 6.44. The highest BCUT2D eigenvalue weighted by atomic mass is 32.1. The number of hydrogen-bond acceptors (Lipinski definition) is 3. The van der Waals surface area contributed by atoms with E-state index in [-0.39, 0.29) is 0 Å². The smallest absolute Gasteiger partial charge is 0.0331 e. The highest BCUT2D eigenvalue weighted by Crippen LogP contribution is 2.16. The van der Waals surface area contributed by atoms with Crippen LogP contribution in [0, 0.1) is 0 Å². The maximum absolute atomic E-state index is 3.24. The highest BCUT2D eigenvalue weighted by molar-refractivity contribution is 7.09. The Balaban J connectivity index is 2.03. The van der Waals surface area contributed by atoms with E-state index in [1.165, 1.54) is 16.0 Å². The van der Waals surface area contributed by atoms with E-state index in [0.717, 1.165) is 32.6 Å². The lowest BCUT2D eigenvalue weighted by Crippen LogP contribution is -2.23. The first-order valence-corrected chi connectivity index (χ1v) is 8.17. The molecule has 0 radical (unpaired) electrons. The lowest BCUT2D eigenvalue weighted by molar-refractivity contribution is 0.273. The van der Waals surface area contributed by atoms with Gasteiger partial charge in [-0.25, -0.2) is 0 Å². The fourth-order valence-corrected chi connectivity index (χ4v) is 3.10. The van der Waals surface area contributed by atoms with Gasteiger partial charge in [-0.1, -0.05) is 37.3 Å². The predicted octanol–water partition coefficient (Wildman–Crippen LogP) is 3.53. The van der Waals surface area contributed by atoms with Crippen LogP contribution in [0.3, 0.4) is 0 Å². The first-order valence-electron chi connectivity index (χ1n) is 7.29. The summed E-state index contributed by atoms with van der Waals surface area (Å²) in [5, 5.41) is 5.39. The zero-order valence-corrected chi connectivity index (χ0v) is 13.2. The average Bonchev–Trinajstić information content (AvgIpc) is 2.98. The van der Waals surface area contributed by atoms with Crippen molar-refractivity contribution in [1.29, 1.82) is 0 Å². The Labute approximate surface area is 126 Å². The van der Waals surface area contributed by atoms with Gasteiger partial charge in [0, 0.05) is 18.0 Å². The molecule has 3 heteroatoms. The van der Waals surface area contributed by atoms with E-state index in [1.807, 2.05) is 18.4 Å². The predicted molar refractivity (Wildman–Crippen MR) is 88.2 cm³/mol. The minimum atomic E-state index is 1.04. The Morgan fingerprint density at radius 2 is 1.85 bits per heavy atom. The SMILES string of the molecule is CCN(Cc1cccs1)Cc1ccccc1CCNC. The van der Waals surface area contributed by atoms with Gasteiger partial charge in [-0.2, -0.15) is 0 Å². The molecule has 0 atom stereocenters. The summed E-state index contributed by atoms with van der Waals surface area (Å²) in [5.74, 6) is 0. The standard InChI is InChI=1S/C17H24N2S/c1-3-19(14-17-9-6-12-20-17)13-16-8-5-4-7-15(16)10-11-18-2/h4-9,12,18H,3,10-11,13-14H2,1-2H3. The van der Waals surface area contributed by atoms with Crippen LogP contribution in [0.4, 0.5) is 0 Å². The van der Waals surface area contributed by atoms with Gasteiger partial charge in [0.05, 0.1) is 0 Å². The maximum Gasteiger partial charge on any atom is 0.0331 e. The van der Waals surface area contributed by atoms with Crippen molar-refractivity contribution in [2.24, 2.45) is 0 Å². The van der Waals surface area contributed by atoms with Crippen LogP contribution in [0.25, 0.3) is 0 Å². The van der Waals surface area contributed by atoms with Crippen molar-refractivity contribution in [3.05, 3.63) is 57.8 Å². The zero-order valence-electron chi connectivity index (χ0n) is 12.4. The molecule has 0 fully saturated rings. The van der Waals surface area contributed by atoms with E-state index >= 15 is 0 Å². The Bertz CT molecular complexity index is 493. The fourth-order valence-electron chi connectivity index (χ4n) is 2.36. The zero-order chi connectivity index (χ0) is 14.2. The molecular weight excluding hydrogens is 264 g/mol. The monoisotopic (exact) mass is 288 g/mol. The van der Waals surface area contributed by atoms with E-state index in [2.05, 4.69) is 58.9 Å². The van der Waals surface area contributed by atoms with Crippen molar-refractivity contribution in [2.45, 2.75) is 26.4 Å². The lowest BCUT2D eigenvalue weighted by Gasteiger charge is -2.21. The molecule has 0 unspecified atom stereocenters. The summed E-state index contributed by atoms with van der Waals surface area (Å²) >= 11 is 1.84. The summed E-state index contributed by atoms with van der Waals surface area (Å²) in [4.78, 5) is 3.95. The molecular formula is C17H24N2S. The van der Waals surface area contributed by atoms with Gasteiger partial charge in [0.1, 0.15) is 0 Å². The third-order valence-corrected chi connectivity index (χ3v) is 4.42.